The maximum absolute atomic E-state index is 12.5. The average molecular weight is 435 g/mol. The standard InChI is InChI=1S/C23H19ClN4O3/c1-30-20-10-7-14(11-21(20)31-2)13-25-28-23(29)15-8-9-18-19(12-15)27-22(26-18)16-5-3-4-6-17(16)24/h3-13H,1-2H3,(H,26,27)(H,28,29)/b25-13+. The summed E-state index contributed by atoms with van der Waals surface area (Å²) in [7, 11) is 3.13. The molecule has 0 fully saturated rings. The fourth-order valence-electron chi connectivity index (χ4n) is 3.09. The molecule has 0 unspecified atom stereocenters. The van der Waals surface area contributed by atoms with Crippen LogP contribution in [0.4, 0.5) is 0 Å². The van der Waals surface area contributed by atoms with Crippen LogP contribution in [0.25, 0.3) is 22.4 Å². The van der Waals surface area contributed by atoms with E-state index in [9.17, 15) is 4.79 Å². The highest BCUT2D eigenvalue weighted by Gasteiger charge is 2.11. The van der Waals surface area contributed by atoms with Crippen molar-refractivity contribution in [3.8, 4) is 22.9 Å². The Morgan fingerprint density at radius 2 is 1.87 bits per heavy atom. The Morgan fingerprint density at radius 3 is 2.65 bits per heavy atom. The van der Waals surface area contributed by atoms with Crippen LogP contribution in [-0.4, -0.2) is 36.3 Å². The van der Waals surface area contributed by atoms with Gasteiger partial charge < -0.3 is 14.5 Å². The first-order valence-corrected chi connectivity index (χ1v) is 9.77. The van der Waals surface area contributed by atoms with Crippen LogP contribution in [-0.2, 0) is 0 Å². The summed E-state index contributed by atoms with van der Waals surface area (Å²) in [6.45, 7) is 0. The van der Waals surface area contributed by atoms with E-state index in [-0.39, 0.29) is 5.91 Å². The molecular weight excluding hydrogens is 416 g/mol. The number of carbonyl (C=O) groups excluding carboxylic acids is 1. The molecule has 0 saturated carbocycles. The molecule has 7 nitrogen and oxygen atoms in total. The number of carbonyl (C=O) groups is 1. The van der Waals surface area contributed by atoms with Crippen molar-refractivity contribution in [1.82, 2.24) is 15.4 Å². The summed E-state index contributed by atoms with van der Waals surface area (Å²) in [6.07, 6.45) is 1.53. The highest BCUT2D eigenvalue weighted by Crippen LogP contribution is 2.28. The van der Waals surface area contributed by atoms with Gasteiger partial charge in [-0.2, -0.15) is 5.10 Å². The van der Waals surface area contributed by atoms with Gasteiger partial charge in [-0.25, -0.2) is 10.4 Å². The number of imidazole rings is 1. The molecule has 1 heterocycles. The molecule has 0 aliphatic heterocycles. The van der Waals surface area contributed by atoms with Crippen molar-refractivity contribution in [2.24, 2.45) is 5.10 Å². The molecule has 8 heteroatoms. The largest absolute Gasteiger partial charge is 0.493 e. The number of nitrogens with one attached hydrogen (secondary N) is 2. The van der Waals surface area contributed by atoms with Crippen LogP contribution in [0.1, 0.15) is 15.9 Å². The number of methoxy groups -OCH3 is 2. The van der Waals surface area contributed by atoms with Gasteiger partial charge in [0.1, 0.15) is 5.82 Å². The van der Waals surface area contributed by atoms with E-state index in [1.807, 2.05) is 24.3 Å². The van der Waals surface area contributed by atoms with Crippen molar-refractivity contribution < 1.29 is 14.3 Å². The maximum atomic E-state index is 12.5. The number of amides is 1. The monoisotopic (exact) mass is 434 g/mol. The highest BCUT2D eigenvalue weighted by atomic mass is 35.5. The van der Waals surface area contributed by atoms with E-state index in [4.69, 9.17) is 21.1 Å². The second kappa shape index (κ2) is 8.89. The van der Waals surface area contributed by atoms with E-state index in [1.54, 1.807) is 50.6 Å². The van der Waals surface area contributed by atoms with Gasteiger partial charge in [0, 0.05) is 11.1 Å². The summed E-state index contributed by atoms with van der Waals surface area (Å²) >= 11 is 6.26. The third-order valence-corrected chi connectivity index (χ3v) is 4.99. The molecule has 0 spiro atoms. The Morgan fingerprint density at radius 1 is 1.06 bits per heavy atom. The van der Waals surface area contributed by atoms with Crippen molar-refractivity contribution >= 4 is 34.8 Å². The number of aromatic amines is 1. The number of ether oxygens (including phenoxy) is 2. The van der Waals surface area contributed by atoms with Crippen LogP contribution in [0.3, 0.4) is 0 Å². The Bertz CT molecular complexity index is 1280. The number of hydrazone groups is 1. The van der Waals surface area contributed by atoms with Gasteiger partial charge in [0.15, 0.2) is 11.5 Å². The molecule has 0 aliphatic rings. The minimum Gasteiger partial charge on any atom is -0.493 e. The summed E-state index contributed by atoms with van der Waals surface area (Å²) in [4.78, 5) is 20.3. The number of H-pyrrole nitrogens is 1. The quantitative estimate of drug-likeness (QED) is 0.341. The van der Waals surface area contributed by atoms with E-state index >= 15 is 0 Å². The van der Waals surface area contributed by atoms with Crippen molar-refractivity contribution in [1.29, 1.82) is 0 Å². The zero-order chi connectivity index (χ0) is 21.8. The number of hydrogen-bond acceptors (Lipinski definition) is 5. The van der Waals surface area contributed by atoms with Crippen molar-refractivity contribution in [2.75, 3.05) is 14.2 Å². The molecule has 0 atom stereocenters. The fourth-order valence-corrected chi connectivity index (χ4v) is 3.32. The lowest BCUT2D eigenvalue weighted by Crippen LogP contribution is -2.17. The Balaban J connectivity index is 1.50. The molecule has 1 aromatic heterocycles. The number of fused-ring (bicyclic) bond motifs is 1. The minimum absolute atomic E-state index is 0.340. The van der Waals surface area contributed by atoms with E-state index in [0.717, 1.165) is 22.2 Å². The molecule has 0 radical (unpaired) electrons. The molecule has 1 amide bonds. The van der Waals surface area contributed by atoms with E-state index in [1.165, 1.54) is 6.21 Å². The fraction of sp³-hybridized carbons (Fsp3) is 0.0870. The second-order valence-corrected chi connectivity index (χ2v) is 7.02. The van der Waals surface area contributed by atoms with Gasteiger partial charge >= 0.3 is 0 Å². The third kappa shape index (κ3) is 4.36. The summed E-state index contributed by atoms with van der Waals surface area (Å²) < 4.78 is 10.5. The SMILES string of the molecule is COc1ccc(/C=N/NC(=O)c2ccc3nc(-c4ccccc4Cl)[nH]c3c2)cc1OC. The Kier molecular flexibility index (Phi) is 5.86. The normalized spacial score (nSPS) is 11.1. The van der Waals surface area contributed by atoms with Crippen molar-refractivity contribution in [3.63, 3.8) is 0 Å². The number of hydrogen-bond donors (Lipinski definition) is 2. The first kappa shape index (κ1) is 20.4. The van der Waals surface area contributed by atoms with Crippen LogP contribution in [0.15, 0.2) is 65.8 Å². The van der Waals surface area contributed by atoms with Crippen molar-refractivity contribution in [2.45, 2.75) is 0 Å². The lowest BCUT2D eigenvalue weighted by Gasteiger charge is -2.07. The van der Waals surface area contributed by atoms with E-state index < -0.39 is 0 Å². The first-order valence-electron chi connectivity index (χ1n) is 9.39. The molecule has 0 saturated heterocycles. The Hall–Kier alpha value is -3.84. The average Bonchev–Trinajstić information content (AvgIpc) is 3.22. The van der Waals surface area contributed by atoms with Gasteiger partial charge in [-0.1, -0.05) is 23.7 Å². The molecule has 31 heavy (non-hydrogen) atoms. The van der Waals surface area contributed by atoms with Gasteiger partial charge in [0.25, 0.3) is 5.91 Å². The summed E-state index contributed by atoms with van der Waals surface area (Å²) in [5.41, 5.74) is 6.00. The number of rotatable bonds is 6. The summed E-state index contributed by atoms with van der Waals surface area (Å²) in [5.74, 6) is 1.50. The van der Waals surface area contributed by atoms with Gasteiger partial charge in [-0.15, -0.1) is 0 Å². The van der Waals surface area contributed by atoms with Crippen LogP contribution in [0, 0.1) is 0 Å². The molecule has 4 rings (SSSR count). The lowest BCUT2D eigenvalue weighted by molar-refractivity contribution is 0.0955. The number of benzene rings is 3. The highest BCUT2D eigenvalue weighted by molar-refractivity contribution is 6.33. The molecule has 0 aliphatic carbocycles. The molecular formula is C23H19ClN4O3. The van der Waals surface area contributed by atoms with E-state index in [0.29, 0.717) is 27.9 Å². The van der Waals surface area contributed by atoms with Crippen LogP contribution in [0.2, 0.25) is 5.02 Å². The molecule has 156 valence electrons. The summed E-state index contributed by atoms with van der Waals surface area (Å²) in [6, 6.07) is 18.0. The first-order chi connectivity index (χ1) is 15.1. The summed E-state index contributed by atoms with van der Waals surface area (Å²) in [5, 5.41) is 4.63. The number of halogens is 1. The molecule has 4 aromatic rings. The van der Waals surface area contributed by atoms with Crippen LogP contribution < -0.4 is 14.9 Å². The topological polar surface area (TPSA) is 88.6 Å². The third-order valence-electron chi connectivity index (χ3n) is 4.66. The van der Waals surface area contributed by atoms with Crippen molar-refractivity contribution in [3.05, 3.63) is 76.8 Å². The number of aromatic nitrogens is 2. The minimum atomic E-state index is -0.340. The molecule has 2 N–H and O–H groups in total. The van der Waals surface area contributed by atoms with Gasteiger partial charge in [0.2, 0.25) is 0 Å². The van der Waals surface area contributed by atoms with E-state index in [2.05, 4.69) is 20.5 Å². The maximum Gasteiger partial charge on any atom is 0.271 e. The van der Waals surface area contributed by atoms with Gasteiger partial charge in [-0.3, -0.25) is 4.79 Å². The molecule has 0 bridgehead atoms. The predicted molar refractivity (Wildman–Crippen MR) is 121 cm³/mol. The predicted octanol–water partition coefficient (Wildman–Crippen LogP) is 4.66. The van der Waals surface area contributed by atoms with Crippen LogP contribution >= 0.6 is 11.6 Å². The van der Waals surface area contributed by atoms with Gasteiger partial charge in [0.05, 0.1) is 36.5 Å². The second-order valence-electron chi connectivity index (χ2n) is 6.61. The van der Waals surface area contributed by atoms with Crippen LogP contribution in [0.5, 0.6) is 11.5 Å². The lowest BCUT2D eigenvalue weighted by atomic mass is 10.2. The number of nitrogens with zero attached hydrogens (tertiary/aromatic N) is 2. The zero-order valence-corrected chi connectivity index (χ0v) is 17.6. The smallest absolute Gasteiger partial charge is 0.271 e. The van der Waals surface area contributed by atoms with Gasteiger partial charge in [-0.05, 0) is 54.1 Å². The molecule has 3 aromatic carbocycles. The zero-order valence-electron chi connectivity index (χ0n) is 16.8. The Labute approximate surface area is 183 Å².